The summed E-state index contributed by atoms with van der Waals surface area (Å²) >= 11 is 0. The molecule has 3 aromatic heterocycles. The average Bonchev–Trinajstić information content (AvgIpc) is 3.25. The van der Waals surface area contributed by atoms with Gasteiger partial charge in [0.2, 0.25) is 11.8 Å². The van der Waals surface area contributed by atoms with Crippen LogP contribution >= 0.6 is 0 Å². The smallest absolute Gasteiger partial charge is 0.246 e. The van der Waals surface area contributed by atoms with E-state index in [1.165, 1.54) is 0 Å². The topological polar surface area (TPSA) is 117 Å². The van der Waals surface area contributed by atoms with E-state index in [4.69, 9.17) is 20.3 Å². The van der Waals surface area contributed by atoms with Crippen molar-refractivity contribution in [3.8, 4) is 23.2 Å². The third kappa shape index (κ3) is 2.34. The third-order valence-corrected chi connectivity index (χ3v) is 4.01. The van der Waals surface area contributed by atoms with Crippen LogP contribution in [-0.2, 0) is 0 Å². The number of aromatic nitrogens is 3. The summed E-state index contributed by atoms with van der Waals surface area (Å²) in [5.74, 6) is 0.820. The predicted octanol–water partition coefficient (Wildman–Crippen LogP) is 3.86. The minimum absolute atomic E-state index is 0.410. The van der Waals surface area contributed by atoms with E-state index < -0.39 is 0 Å². The fourth-order valence-electron chi connectivity index (χ4n) is 2.78. The van der Waals surface area contributed by atoms with Crippen LogP contribution < -0.4 is 11.5 Å². The molecule has 0 saturated carbocycles. The predicted molar refractivity (Wildman–Crippen MR) is 99.1 cm³/mol. The van der Waals surface area contributed by atoms with Crippen LogP contribution in [0.25, 0.3) is 45.4 Å². The molecule has 4 N–H and O–H groups in total. The molecule has 0 amide bonds. The summed E-state index contributed by atoms with van der Waals surface area (Å²) in [6.45, 7) is 0. The van der Waals surface area contributed by atoms with Gasteiger partial charge in [-0.15, -0.1) is 0 Å². The van der Waals surface area contributed by atoms with E-state index >= 15 is 0 Å². The SMILES string of the molecule is Nc1ccc2oc(-c3cccc(-c4nc5cc(N)ccc5o4)n3)nc2c1. The van der Waals surface area contributed by atoms with Gasteiger partial charge in [0.15, 0.2) is 11.2 Å². The Labute approximate surface area is 147 Å². The molecule has 2 aromatic carbocycles. The number of fused-ring (bicyclic) bond motifs is 2. The number of hydrogen-bond acceptors (Lipinski definition) is 7. The molecule has 0 atom stereocenters. The molecule has 3 heterocycles. The second-order valence-corrected chi connectivity index (χ2v) is 5.90. The molecule has 5 rings (SSSR count). The maximum absolute atomic E-state index is 5.79. The molecule has 0 saturated heterocycles. The van der Waals surface area contributed by atoms with Gasteiger partial charge in [-0.05, 0) is 48.5 Å². The van der Waals surface area contributed by atoms with E-state index in [0.717, 1.165) is 0 Å². The Morgan fingerprint density at radius 2 is 1.12 bits per heavy atom. The maximum atomic E-state index is 5.79. The van der Waals surface area contributed by atoms with Gasteiger partial charge in [-0.3, -0.25) is 0 Å². The Bertz CT molecular complexity index is 1180. The molecule has 0 fully saturated rings. The first-order valence-electron chi connectivity index (χ1n) is 7.96. The molecule has 0 aliphatic carbocycles. The highest BCUT2D eigenvalue weighted by molar-refractivity contribution is 5.80. The van der Waals surface area contributed by atoms with Gasteiger partial charge in [-0.2, -0.15) is 0 Å². The summed E-state index contributed by atoms with van der Waals surface area (Å²) in [7, 11) is 0. The molecule has 0 spiro atoms. The zero-order valence-corrected chi connectivity index (χ0v) is 13.5. The molecule has 7 heteroatoms. The van der Waals surface area contributed by atoms with Crippen LogP contribution in [0.5, 0.6) is 0 Å². The lowest BCUT2D eigenvalue weighted by Crippen LogP contribution is -1.88. The summed E-state index contributed by atoms with van der Waals surface area (Å²) in [4.78, 5) is 13.5. The zero-order chi connectivity index (χ0) is 17.7. The number of benzene rings is 2. The lowest BCUT2D eigenvalue weighted by molar-refractivity contribution is 0.611. The molecule has 0 aliphatic rings. The first kappa shape index (κ1) is 14.5. The van der Waals surface area contributed by atoms with Crippen LogP contribution in [-0.4, -0.2) is 15.0 Å². The van der Waals surface area contributed by atoms with Crippen LogP contribution in [0.15, 0.2) is 63.4 Å². The first-order chi connectivity index (χ1) is 12.7. The first-order valence-corrected chi connectivity index (χ1v) is 7.96. The van der Waals surface area contributed by atoms with E-state index in [1.54, 1.807) is 36.4 Å². The lowest BCUT2D eigenvalue weighted by atomic mass is 10.3. The molecular weight excluding hydrogens is 330 g/mol. The molecular formula is C19H13N5O2. The molecule has 0 aliphatic heterocycles. The molecule has 0 radical (unpaired) electrons. The number of hydrogen-bond donors (Lipinski definition) is 2. The van der Waals surface area contributed by atoms with Gasteiger partial charge < -0.3 is 20.3 Å². The minimum atomic E-state index is 0.410. The Hall–Kier alpha value is -3.87. The van der Waals surface area contributed by atoms with Gasteiger partial charge in [0.25, 0.3) is 0 Å². The number of nitrogens with two attached hydrogens (primary N) is 2. The normalized spacial score (nSPS) is 11.4. The van der Waals surface area contributed by atoms with E-state index in [9.17, 15) is 0 Å². The minimum Gasteiger partial charge on any atom is -0.435 e. The average molecular weight is 343 g/mol. The highest BCUT2D eigenvalue weighted by atomic mass is 16.4. The quantitative estimate of drug-likeness (QED) is 0.467. The van der Waals surface area contributed by atoms with Gasteiger partial charge in [0.05, 0.1) is 0 Å². The van der Waals surface area contributed by atoms with E-state index in [1.807, 2.05) is 18.2 Å². The number of pyridine rings is 1. The van der Waals surface area contributed by atoms with Gasteiger partial charge in [0, 0.05) is 11.4 Å². The fraction of sp³-hybridized carbons (Fsp3) is 0. The van der Waals surface area contributed by atoms with Gasteiger partial charge in [-0.25, -0.2) is 15.0 Å². The summed E-state index contributed by atoms with van der Waals surface area (Å²) in [6, 6.07) is 16.1. The van der Waals surface area contributed by atoms with Crippen molar-refractivity contribution in [2.45, 2.75) is 0 Å². The van der Waals surface area contributed by atoms with Crippen LogP contribution in [0.3, 0.4) is 0 Å². The fourth-order valence-corrected chi connectivity index (χ4v) is 2.78. The second kappa shape index (κ2) is 5.32. The summed E-state index contributed by atoms with van der Waals surface area (Å²) in [5, 5.41) is 0. The molecule has 126 valence electrons. The Morgan fingerprint density at radius 1 is 0.615 bits per heavy atom. The molecule has 26 heavy (non-hydrogen) atoms. The summed E-state index contributed by atoms with van der Waals surface area (Å²) in [6.07, 6.45) is 0. The van der Waals surface area contributed by atoms with Crippen molar-refractivity contribution in [1.82, 2.24) is 15.0 Å². The van der Waals surface area contributed by atoms with Crippen LogP contribution in [0.4, 0.5) is 11.4 Å². The highest BCUT2D eigenvalue weighted by Gasteiger charge is 2.14. The molecule has 0 bridgehead atoms. The van der Waals surface area contributed by atoms with Gasteiger partial charge in [0.1, 0.15) is 22.4 Å². The molecule has 5 aromatic rings. The Morgan fingerprint density at radius 3 is 1.62 bits per heavy atom. The van der Waals surface area contributed by atoms with Crippen molar-refractivity contribution in [1.29, 1.82) is 0 Å². The van der Waals surface area contributed by atoms with E-state index in [-0.39, 0.29) is 0 Å². The Kier molecular flexibility index (Phi) is 2.96. The molecule has 0 unspecified atom stereocenters. The number of rotatable bonds is 2. The van der Waals surface area contributed by atoms with Gasteiger partial charge >= 0.3 is 0 Å². The largest absolute Gasteiger partial charge is 0.435 e. The molecule has 7 nitrogen and oxygen atoms in total. The lowest BCUT2D eigenvalue weighted by Gasteiger charge is -1.97. The van der Waals surface area contributed by atoms with E-state index in [2.05, 4.69) is 15.0 Å². The van der Waals surface area contributed by atoms with Gasteiger partial charge in [-0.1, -0.05) is 6.07 Å². The monoisotopic (exact) mass is 343 g/mol. The van der Waals surface area contributed by atoms with Crippen molar-refractivity contribution >= 4 is 33.6 Å². The number of oxazole rings is 2. The van der Waals surface area contributed by atoms with Crippen LogP contribution in [0, 0.1) is 0 Å². The zero-order valence-electron chi connectivity index (χ0n) is 13.5. The maximum Gasteiger partial charge on any atom is 0.246 e. The van der Waals surface area contributed by atoms with Crippen molar-refractivity contribution in [3.05, 3.63) is 54.6 Å². The number of nitrogens with zero attached hydrogens (tertiary/aromatic N) is 3. The van der Waals surface area contributed by atoms with E-state index in [0.29, 0.717) is 56.7 Å². The number of anilines is 2. The van der Waals surface area contributed by atoms with Crippen LogP contribution in [0.1, 0.15) is 0 Å². The highest BCUT2D eigenvalue weighted by Crippen LogP contribution is 2.28. The third-order valence-electron chi connectivity index (χ3n) is 4.01. The standard InChI is InChI=1S/C19H13N5O2/c20-10-4-6-16-14(8-10)23-18(25-16)12-2-1-3-13(22-12)19-24-15-9-11(21)5-7-17(15)26-19/h1-9H,20-21H2. The summed E-state index contributed by atoms with van der Waals surface area (Å²) in [5.41, 5.74) is 16.7. The van der Waals surface area contributed by atoms with Crippen molar-refractivity contribution in [2.24, 2.45) is 0 Å². The van der Waals surface area contributed by atoms with Crippen molar-refractivity contribution in [2.75, 3.05) is 11.5 Å². The van der Waals surface area contributed by atoms with Crippen molar-refractivity contribution in [3.63, 3.8) is 0 Å². The summed E-state index contributed by atoms with van der Waals surface area (Å²) < 4.78 is 11.6. The van der Waals surface area contributed by atoms with Crippen LogP contribution in [0.2, 0.25) is 0 Å². The second-order valence-electron chi connectivity index (χ2n) is 5.90. The van der Waals surface area contributed by atoms with Crippen molar-refractivity contribution < 1.29 is 8.83 Å². The Balaban J connectivity index is 1.60. The number of nitrogen functional groups attached to an aromatic ring is 2.